The van der Waals surface area contributed by atoms with Crippen molar-refractivity contribution < 1.29 is 22.6 Å². The van der Waals surface area contributed by atoms with Crippen LogP contribution in [0.25, 0.3) is 0 Å². The fraction of sp³-hybridized carbons (Fsp3) is 0.344. The Kier molecular flexibility index (Phi) is 8.37. The average molecular weight is 606 g/mol. The molecule has 0 amide bonds. The molecule has 0 saturated carbocycles. The van der Waals surface area contributed by atoms with Gasteiger partial charge in [-0.2, -0.15) is 0 Å². The van der Waals surface area contributed by atoms with Gasteiger partial charge in [-0.3, -0.25) is 4.90 Å². The molecule has 220 valence electrons. The summed E-state index contributed by atoms with van der Waals surface area (Å²) < 4.78 is 46.8. The number of ether oxygens (including phenoxy) is 3. The molecule has 42 heavy (non-hydrogen) atoms. The fourth-order valence-corrected chi connectivity index (χ4v) is 8.36. The Labute approximate surface area is 251 Å². The molecule has 1 fully saturated rings. The van der Waals surface area contributed by atoms with E-state index in [2.05, 4.69) is 40.2 Å². The predicted molar refractivity (Wildman–Crippen MR) is 164 cm³/mol. The van der Waals surface area contributed by atoms with Gasteiger partial charge in [0.1, 0.15) is 17.2 Å². The number of methoxy groups -OCH3 is 2. The van der Waals surface area contributed by atoms with Crippen molar-refractivity contribution in [2.45, 2.75) is 49.2 Å². The standard InChI is InChI=1S/C32H35N3O5S2/c1-38-25-12-11-24(30(20-25)39-2)22-35(32-33-16-19-41-32)42(36,37)26-13-14-27-29(15-18-40-31(27)21-26)34-17-7-6-10-28(34)23-8-4-3-5-9-23/h3-5,8-9,11-14,16,19-21,28-29H,6-7,10,15,17-18,22H2,1-2H3/t28-,29?/m0/s1. The molecular weight excluding hydrogens is 571 g/mol. The summed E-state index contributed by atoms with van der Waals surface area (Å²) in [5.74, 6) is 1.80. The van der Waals surface area contributed by atoms with E-state index >= 15 is 0 Å². The van der Waals surface area contributed by atoms with E-state index in [1.165, 1.54) is 27.6 Å². The Morgan fingerprint density at radius 1 is 1.00 bits per heavy atom. The number of sulfonamides is 1. The van der Waals surface area contributed by atoms with Crippen LogP contribution in [-0.4, -0.2) is 45.7 Å². The normalized spacial score (nSPS) is 19.0. The van der Waals surface area contributed by atoms with Gasteiger partial charge in [-0.25, -0.2) is 17.7 Å². The molecular formula is C32H35N3O5S2. The van der Waals surface area contributed by atoms with E-state index < -0.39 is 10.0 Å². The quantitative estimate of drug-likeness (QED) is 0.212. The van der Waals surface area contributed by atoms with E-state index in [-0.39, 0.29) is 17.5 Å². The molecule has 0 radical (unpaired) electrons. The summed E-state index contributed by atoms with van der Waals surface area (Å²) in [6, 6.07) is 21.9. The van der Waals surface area contributed by atoms with Gasteiger partial charge in [0.25, 0.3) is 10.0 Å². The summed E-state index contributed by atoms with van der Waals surface area (Å²) in [7, 11) is -0.854. The Hall–Kier alpha value is -3.60. The van der Waals surface area contributed by atoms with Gasteiger partial charge in [0.15, 0.2) is 5.13 Å². The van der Waals surface area contributed by atoms with E-state index in [1.54, 1.807) is 50.1 Å². The van der Waals surface area contributed by atoms with Gasteiger partial charge in [0.2, 0.25) is 0 Å². The van der Waals surface area contributed by atoms with Crippen molar-refractivity contribution in [1.29, 1.82) is 0 Å². The number of anilines is 1. The third kappa shape index (κ3) is 5.58. The maximum Gasteiger partial charge on any atom is 0.266 e. The smallest absolute Gasteiger partial charge is 0.266 e. The van der Waals surface area contributed by atoms with Crippen molar-refractivity contribution in [1.82, 2.24) is 9.88 Å². The van der Waals surface area contributed by atoms with Crippen LogP contribution < -0.4 is 18.5 Å². The topological polar surface area (TPSA) is 81.2 Å². The van der Waals surface area contributed by atoms with Gasteiger partial charge < -0.3 is 14.2 Å². The molecule has 3 heterocycles. The van der Waals surface area contributed by atoms with Gasteiger partial charge >= 0.3 is 0 Å². The number of piperidine rings is 1. The lowest BCUT2D eigenvalue weighted by atomic mass is 9.90. The third-order valence-electron chi connectivity index (χ3n) is 8.15. The summed E-state index contributed by atoms with van der Waals surface area (Å²) in [6.45, 7) is 1.60. The van der Waals surface area contributed by atoms with E-state index in [4.69, 9.17) is 14.2 Å². The maximum absolute atomic E-state index is 14.2. The predicted octanol–water partition coefficient (Wildman–Crippen LogP) is 6.61. The lowest BCUT2D eigenvalue weighted by Gasteiger charge is -2.43. The Morgan fingerprint density at radius 3 is 2.62 bits per heavy atom. The molecule has 2 aliphatic rings. The SMILES string of the molecule is COc1ccc(CN(c2nccs2)S(=O)(=O)c2ccc3c(c2)OCCC3N2CCCC[C@H]2c2ccccc2)c(OC)c1. The number of benzene rings is 3. The average Bonchev–Trinajstić information content (AvgIpc) is 3.58. The molecule has 1 aromatic heterocycles. The highest BCUT2D eigenvalue weighted by molar-refractivity contribution is 7.93. The zero-order valence-electron chi connectivity index (χ0n) is 23.8. The Balaban J connectivity index is 1.33. The first-order chi connectivity index (χ1) is 20.5. The summed E-state index contributed by atoms with van der Waals surface area (Å²) >= 11 is 1.27. The number of hydrogen-bond donors (Lipinski definition) is 0. The lowest BCUT2D eigenvalue weighted by Crippen LogP contribution is -2.39. The molecule has 0 aliphatic carbocycles. The fourth-order valence-electron chi connectivity index (χ4n) is 6.07. The first-order valence-corrected chi connectivity index (χ1v) is 16.5. The molecule has 0 bridgehead atoms. The van der Waals surface area contributed by atoms with E-state index in [0.717, 1.165) is 31.4 Å². The molecule has 2 aliphatic heterocycles. The van der Waals surface area contributed by atoms with Crippen LogP contribution in [0.3, 0.4) is 0 Å². The monoisotopic (exact) mass is 605 g/mol. The minimum absolute atomic E-state index is 0.0517. The zero-order chi connectivity index (χ0) is 29.1. The van der Waals surface area contributed by atoms with Gasteiger partial charge in [-0.05, 0) is 43.1 Å². The van der Waals surface area contributed by atoms with Gasteiger partial charge in [-0.1, -0.05) is 42.8 Å². The molecule has 3 aromatic carbocycles. The van der Waals surface area contributed by atoms with E-state index in [1.807, 2.05) is 12.1 Å². The van der Waals surface area contributed by atoms with E-state index in [9.17, 15) is 8.42 Å². The van der Waals surface area contributed by atoms with Crippen LogP contribution in [0.2, 0.25) is 0 Å². The first kappa shape index (κ1) is 28.5. The molecule has 1 unspecified atom stereocenters. The largest absolute Gasteiger partial charge is 0.497 e. The molecule has 0 N–H and O–H groups in total. The van der Waals surface area contributed by atoms with Crippen molar-refractivity contribution in [3.8, 4) is 17.2 Å². The molecule has 10 heteroatoms. The number of thiazole rings is 1. The van der Waals surface area contributed by atoms with Gasteiger partial charge in [0.05, 0.1) is 32.3 Å². The molecule has 0 spiro atoms. The van der Waals surface area contributed by atoms with Crippen LogP contribution in [0.5, 0.6) is 17.2 Å². The second kappa shape index (κ2) is 12.3. The van der Waals surface area contributed by atoms with Crippen molar-refractivity contribution in [2.24, 2.45) is 0 Å². The Bertz CT molecular complexity index is 1610. The minimum atomic E-state index is -3.99. The summed E-state index contributed by atoms with van der Waals surface area (Å²) in [4.78, 5) is 7.11. The van der Waals surface area contributed by atoms with Crippen molar-refractivity contribution in [3.05, 3.63) is 95.0 Å². The van der Waals surface area contributed by atoms with Crippen molar-refractivity contribution >= 4 is 26.5 Å². The van der Waals surface area contributed by atoms with Crippen molar-refractivity contribution in [2.75, 3.05) is 31.7 Å². The van der Waals surface area contributed by atoms with Crippen molar-refractivity contribution in [3.63, 3.8) is 0 Å². The number of hydrogen-bond acceptors (Lipinski definition) is 8. The highest BCUT2D eigenvalue weighted by Gasteiger charge is 2.36. The lowest BCUT2D eigenvalue weighted by molar-refractivity contribution is 0.0668. The van der Waals surface area contributed by atoms with E-state index in [0.29, 0.717) is 40.6 Å². The van der Waals surface area contributed by atoms with Crippen LogP contribution in [0.4, 0.5) is 5.13 Å². The summed E-state index contributed by atoms with van der Waals surface area (Å²) in [5, 5.41) is 2.15. The molecule has 4 aromatic rings. The number of aromatic nitrogens is 1. The molecule has 1 saturated heterocycles. The summed E-state index contributed by atoms with van der Waals surface area (Å²) in [6.07, 6.45) is 5.94. The second-order valence-corrected chi connectivity index (χ2v) is 13.3. The zero-order valence-corrected chi connectivity index (χ0v) is 25.4. The second-order valence-electron chi connectivity index (χ2n) is 10.5. The highest BCUT2D eigenvalue weighted by atomic mass is 32.2. The van der Waals surface area contributed by atoms with Crippen LogP contribution in [0, 0.1) is 0 Å². The number of nitrogens with zero attached hydrogens (tertiary/aromatic N) is 3. The van der Waals surface area contributed by atoms with Crippen LogP contribution in [-0.2, 0) is 16.6 Å². The number of fused-ring (bicyclic) bond motifs is 1. The van der Waals surface area contributed by atoms with Crippen LogP contribution >= 0.6 is 11.3 Å². The maximum atomic E-state index is 14.2. The molecule has 6 rings (SSSR count). The first-order valence-electron chi connectivity index (χ1n) is 14.2. The Morgan fingerprint density at radius 2 is 1.86 bits per heavy atom. The van der Waals surface area contributed by atoms with Crippen LogP contribution in [0.1, 0.15) is 54.5 Å². The van der Waals surface area contributed by atoms with Gasteiger partial charge in [0, 0.05) is 53.3 Å². The molecule has 2 atom stereocenters. The summed E-state index contributed by atoms with van der Waals surface area (Å²) in [5.41, 5.74) is 3.07. The third-order valence-corrected chi connectivity index (χ3v) is 10.8. The molecule has 8 nitrogen and oxygen atoms in total. The van der Waals surface area contributed by atoms with Gasteiger partial charge in [-0.15, -0.1) is 11.3 Å². The van der Waals surface area contributed by atoms with Crippen LogP contribution in [0.15, 0.2) is 83.2 Å². The number of likely N-dealkylation sites (tertiary alicyclic amines) is 1. The highest BCUT2D eigenvalue weighted by Crippen LogP contribution is 2.44. The number of rotatable bonds is 9. The minimum Gasteiger partial charge on any atom is -0.497 e.